The molecule has 12 heavy (non-hydrogen) atoms. The maximum absolute atomic E-state index is 8.58. The van der Waals surface area contributed by atoms with E-state index in [-0.39, 0.29) is 0 Å². The Morgan fingerprint density at radius 1 is 1.25 bits per heavy atom. The lowest BCUT2D eigenvalue weighted by Crippen LogP contribution is -2.05. The number of aliphatic hydroxyl groups is 1. The highest BCUT2D eigenvalue weighted by Crippen LogP contribution is 2.25. The van der Waals surface area contributed by atoms with Crippen LogP contribution in [0.5, 0.6) is 0 Å². The van der Waals surface area contributed by atoms with Gasteiger partial charge in [-0.05, 0) is 31.1 Å². The van der Waals surface area contributed by atoms with Crippen molar-refractivity contribution in [2.45, 2.75) is 46.5 Å². The molecule has 1 heteroatoms. The summed E-state index contributed by atoms with van der Waals surface area (Å²) in [5, 5.41) is 8.58. The van der Waals surface area contributed by atoms with E-state index in [0.717, 1.165) is 25.7 Å². The van der Waals surface area contributed by atoms with Crippen LogP contribution in [-0.4, -0.2) is 11.7 Å². The van der Waals surface area contributed by atoms with Crippen LogP contribution in [0.25, 0.3) is 0 Å². The number of hydrogen-bond acceptors (Lipinski definition) is 1. The number of allylic oxidation sites excluding steroid dienone is 1. The fraction of sp³-hybridized carbons (Fsp3) is 0.818. The van der Waals surface area contributed by atoms with Gasteiger partial charge < -0.3 is 5.11 Å². The average molecular weight is 170 g/mol. The molecule has 1 nitrogen and oxygen atoms in total. The lowest BCUT2D eigenvalue weighted by molar-refractivity contribution is 0.284. The molecule has 1 N–H and O–H groups in total. The highest BCUT2D eigenvalue weighted by molar-refractivity contribution is 4.97. The van der Waals surface area contributed by atoms with Gasteiger partial charge in [0.05, 0.1) is 0 Å². The molecule has 0 aliphatic heterocycles. The van der Waals surface area contributed by atoms with Crippen LogP contribution >= 0.6 is 0 Å². The van der Waals surface area contributed by atoms with Crippen LogP contribution in [0.4, 0.5) is 0 Å². The molecule has 0 rings (SSSR count). The smallest absolute Gasteiger partial charge is 0.0431 e. The fourth-order valence-electron chi connectivity index (χ4n) is 1.33. The lowest BCUT2D eigenvalue weighted by Gasteiger charge is -2.19. The zero-order chi connectivity index (χ0) is 9.61. The Morgan fingerprint density at radius 2 is 1.83 bits per heavy atom. The maximum Gasteiger partial charge on any atom is 0.0431 e. The predicted molar refractivity (Wildman–Crippen MR) is 54.1 cm³/mol. The topological polar surface area (TPSA) is 20.2 Å². The monoisotopic (exact) mass is 170 g/mol. The second-order valence-corrected chi connectivity index (χ2v) is 4.67. The van der Waals surface area contributed by atoms with E-state index in [1.807, 2.05) is 0 Å². The molecule has 0 aliphatic carbocycles. The minimum Gasteiger partial charge on any atom is -0.396 e. The lowest BCUT2D eigenvalue weighted by atomic mass is 9.87. The second kappa shape index (κ2) is 5.36. The summed E-state index contributed by atoms with van der Waals surface area (Å²) >= 11 is 0. The van der Waals surface area contributed by atoms with E-state index in [1.165, 1.54) is 5.57 Å². The Morgan fingerprint density at radius 3 is 2.25 bits per heavy atom. The molecule has 0 aliphatic rings. The van der Waals surface area contributed by atoms with Gasteiger partial charge in [-0.2, -0.15) is 0 Å². The quantitative estimate of drug-likeness (QED) is 0.496. The maximum atomic E-state index is 8.58. The minimum atomic E-state index is 0.308. The molecule has 72 valence electrons. The molecule has 0 radical (unpaired) electrons. The van der Waals surface area contributed by atoms with Crippen molar-refractivity contribution >= 4 is 0 Å². The van der Waals surface area contributed by atoms with E-state index in [4.69, 9.17) is 5.11 Å². The molecule has 0 saturated carbocycles. The van der Waals surface area contributed by atoms with Crippen molar-refractivity contribution in [3.63, 3.8) is 0 Å². The SMILES string of the molecule is C=C(CCCCO)CC(C)(C)C. The summed E-state index contributed by atoms with van der Waals surface area (Å²) in [6, 6.07) is 0. The number of unbranched alkanes of at least 4 members (excludes halogenated alkanes) is 1. The summed E-state index contributed by atoms with van der Waals surface area (Å²) in [5.41, 5.74) is 1.67. The fourth-order valence-corrected chi connectivity index (χ4v) is 1.33. The number of aliphatic hydroxyl groups excluding tert-OH is 1. The first-order chi connectivity index (χ1) is 5.45. The average Bonchev–Trinajstić information content (AvgIpc) is 1.84. The largest absolute Gasteiger partial charge is 0.396 e. The highest BCUT2D eigenvalue weighted by Gasteiger charge is 2.11. The molecule has 0 heterocycles. The van der Waals surface area contributed by atoms with Crippen LogP contribution in [0.2, 0.25) is 0 Å². The Bertz CT molecular complexity index is 130. The van der Waals surface area contributed by atoms with E-state index >= 15 is 0 Å². The van der Waals surface area contributed by atoms with Crippen LogP contribution in [0.1, 0.15) is 46.5 Å². The second-order valence-electron chi connectivity index (χ2n) is 4.67. The summed E-state index contributed by atoms with van der Waals surface area (Å²) in [5.74, 6) is 0. The summed E-state index contributed by atoms with van der Waals surface area (Å²) in [7, 11) is 0. The molecule has 0 aromatic rings. The molecule has 0 amide bonds. The van der Waals surface area contributed by atoms with Gasteiger partial charge in [0, 0.05) is 6.61 Å². The summed E-state index contributed by atoms with van der Waals surface area (Å²) in [6.07, 6.45) is 4.14. The van der Waals surface area contributed by atoms with Gasteiger partial charge in [0.15, 0.2) is 0 Å². The van der Waals surface area contributed by atoms with Crippen LogP contribution in [0, 0.1) is 5.41 Å². The first-order valence-electron chi connectivity index (χ1n) is 4.73. The van der Waals surface area contributed by atoms with Crippen LogP contribution in [0.15, 0.2) is 12.2 Å². The van der Waals surface area contributed by atoms with Crippen LogP contribution in [-0.2, 0) is 0 Å². The Labute approximate surface area is 76.5 Å². The molecular formula is C11H22O. The van der Waals surface area contributed by atoms with Gasteiger partial charge in [0.2, 0.25) is 0 Å². The van der Waals surface area contributed by atoms with Gasteiger partial charge >= 0.3 is 0 Å². The highest BCUT2D eigenvalue weighted by atomic mass is 16.2. The van der Waals surface area contributed by atoms with E-state index in [1.54, 1.807) is 0 Å². The van der Waals surface area contributed by atoms with Gasteiger partial charge in [0.25, 0.3) is 0 Å². The first kappa shape index (κ1) is 11.7. The molecule has 0 unspecified atom stereocenters. The summed E-state index contributed by atoms with van der Waals surface area (Å²) in [6.45, 7) is 11.0. The molecule has 0 bridgehead atoms. The number of rotatable bonds is 5. The van der Waals surface area contributed by atoms with Crippen molar-refractivity contribution in [3.05, 3.63) is 12.2 Å². The van der Waals surface area contributed by atoms with Gasteiger partial charge in [-0.25, -0.2) is 0 Å². The summed E-state index contributed by atoms with van der Waals surface area (Å²) in [4.78, 5) is 0. The molecule has 0 fully saturated rings. The van der Waals surface area contributed by atoms with Gasteiger partial charge in [-0.3, -0.25) is 0 Å². The molecule has 0 aromatic heterocycles. The first-order valence-corrected chi connectivity index (χ1v) is 4.73. The van der Waals surface area contributed by atoms with Crippen molar-refractivity contribution in [3.8, 4) is 0 Å². The van der Waals surface area contributed by atoms with E-state index in [2.05, 4.69) is 27.4 Å². The Balaban J connectivity index is 3.47. The van der Waals surface area contributed by atoms with Gasteiger partial charge in [-0.15, -0.1) is 0 Å². The standard InChI is InChI=1S/C11H22O/c1-10(7-5-6-8-12)9-11(2,3)4/h12H,1,5-9H2,2-4H3. The summed E-state index contributed by atoms with van der Waals surface area (Å²) < 4.78 is 0. The third kappa shape index (κ3) is 7.80. The normalized spacial score (nSPS) is 11.7. The molecule has 0 aromatic carbocycles. The van der Waals surface area contributed by atoms with Crippen molar-refractivity contribution < 1.29 is 5.11 Å². The third-order valence-corrected chi connectivity index (χ3v) is 1.72. The number of hydrogen-bond donors (Lipinski definition) is 1. The molecule has 0 atom stereocenters. The van der Waals surface area contributed by atoms with Crippen molar-refractivity contribution in [2.24, 2.45) is 5.41 Å². The van der Waals surface area contributed by atoms with Gasteiger partial charge in [0.1, 0.15) is 0 Å². The van der Waals surface area contributed by atoms with Crippen molar-refractivity contribution in [1.29, 1.82) is 0 Å². The van der Waals surface area contributed by atoms with Gasteiger partial charge in [-0.1, -0.05) is 32.9 Å². The van der Waals surface area contributed by atoms with E-state index in [0.29, 0.717) is 12.0 Å². The molecule has 0 saturated heterocycles. The van der Waals surface area contributed by atoms with Crippen molar-refractivity contribution in [1.82, 2.24) is 0 Å². The van der Waals surface area contributed by atoms with Crippen LogP contribution < -0.4 is 0 Å². The predicted octanol–water partition coefficient (Wildman–Crippen LogP) is 3.14. The zero-order valence-corrected chi connectivity index (χ0v) is 8.69. The molecular weight excluding hydrogens is 148 g/mol. The Hall–Kier alpha value is -0.300. The van der Waals surface area contributed by atoms with Crippen LogP contribution in [0.3, 0.4) is 0 Å². The third-order valence-electron chi connectivity index (χ3n) is 1.72. The molecule has 0 spiro atoms. The van der Waals surface area contributed by atoms with E-state index < -0.39 is 0 Å². The minimum absolute atomic E-state index is 0.308. The van der Waals surface area contributed by atoms with E-state index in [9.17, 15) is 0 Å². The Kier molecular flexibility index (Phi) is 5.23. The van der Waals surface area contributed by atoms with Crippen molar-refractivity contribution in [2.75, 3.05) is 6.61 Å². The zero-order valence-electron chi connectivity index (χ0n) is 8.69.